The predicted molar refractivity (Wildman–Crippen MR) is 66.4 cm³/mol. The Morgan fingerprint density at radius 3 is 2.00 bits per heavy atom. The lowest BCUT2D eigenvalue weighted by molar-refractivity contribution is -0.352. The van der Waals surface area contributed by atoms with E-state index in [1.54, 1.807) is 18.2 Å². The molecule has 4 nitrogen and oxygen atoms in total. The third-order valence-electron chi connectivity index (χ3n) is 2.04. The zero-order valence-electron chi connectivity index (χ0n) is 10.2. The average molecular weight is 257 g/mol. The molecular weight excluding hydrogens is 238 g/mol. The van der Waals surface area contributed by atoms with Crippen LogP contribution in [0.2, 0.25) is 0 Å². The van der Waals surface area contributed by atoms with E-state index in [2.05, 4.69) is 12.3 Å². The van der Waals surface area contributed by atoms with E-state index in [0.717, 1.165) is 12.1 Å². The van der Waals surface area contributed by atoms with Crippen LogP contribution in [0.1, 0.15) is 25.3 Å². The molecule has 0 aromatic heterocycles. The molecule has 0 radical (unpaired) electrons. The van der Waals surface area contributed by atoms with Crippen LogP contribution in [-0.2, 0) is 10.1 Å². The molecule has 0 amide bonds. The van der Waals surface area contributed by atoms with Crippen molar-refractivity contribution < 1.29 is 18.7 Å². The van der Waals surface area contributed by atoms with E-state index in [-0.39, 0.29) is 4.90 Å². The maximum atomic E-state index is 10.6. The van der Waals surface area contributed by atoms with Crippen molar-refractivity contribution in [2.75, 3.05) is 6.54 Å². The van der Waals surface area contributed by atoms with Crippen molar-refractivity contribution in [3.8, 4) is 0 Å². The summed E-state index contributed by atoms with van der Waals surface area (Å²) in [7, 11) is -4.30. The summed E-state index contributed by atoms with van der Waals surface area (Å²) in [4.78, 5) is -0.170. The second kappa shape index (κ2) is 7.21. The molecule has 0 saturated carbocycles. The summed E-state index contributed by atoms with van der Waals surface area (Å²) >= 11 is 0. The topological polar surface area (TPSA) is 84.8 Å². The van der Waals surface area contributed by atoms with Gasteiger partial charge in [-0.3, -0.25) is 0 Å². The van der Waals surface area contributed by atoms with Gasteiger partial charge in [0.2, 0.25) is 0 Å². The van der Waals surface area contributed by atoms with Crippen LogP contribution in [0.15, 0.2) is 41.8 Å². The Balaban J connectivity index is 0.000000557. The molecule has 1 rings (SSSR count). The first-order chi connectivity index (χ1) is 7.82. The van der Waals surface area contributed by atoms with E-state index < -0.39 is 10.1 Å². The van der Waals surface area contributed by atoms with Gasteiger partial charge in [0, 0.05) is 0 Å². The van der Waals surface area contributed by atoms with E-state index in [9.17, 15) is 13.0 Å². The quantitative estimate of drug-likeness (QED) is 0.650. The van der Waals surface area contributed by atoms with Gasteiger partial charge in [0.05, 0.1) is 11.4 Å². The lowest BCUT2D eigenvalue weighted by Crippen LogP contribution is -2.48. The largest absolute Gasteiger partial charge is 0.744 e. The molecule has 1 aromatic carbocycles. The molecule has 96 valence electrons. The SMILES string of the molecule is C=CC[NH3+].CC(C)c1ccc(S(=O)(=O)[O-])cc1. The first-order valence-electron chi connectivity index (χ1n) is 5.29. The van der Waals surface area contributed by atoms with Gasteiger partial charge in [-0.15, -0.1) is 0 Å². The first-order valence-corrected chi connectivity index (χ1v) is 6.69. The number of rotatable bonds is 3. The highest BCUT2D eigenvalue weighted by Crippen LogP contribution is 2.16. The Hall–Kier alpha value is -1.17. The normalized spacial score (nSPS) is 10.6. The second-order valence-electron chi connectivity index (χ2n) is 3.76. The molecule has 0 heterocycles. The van der Waals surface area contributed by atoms with Crippen molar-refractivity contribution in [3.63, 3.8) is 0 Å². The summed E-state index contributed by atoms with van der Waals surface area (Å²) < 4.78 is 31.7. The molecule has 0 aliphatic heterocycles. The van der Waals surface area contributed by atoms with Crippen molar-refractivity contribution >= 4 is 10.1 Å². The summed E-state index contributed by atoms with van der Waals surface area (Å²) in [5.41, 5.74) is 4.51. The second-order valence-corrected chi connectivity index (χ2v) is 5.13. The molecule has 0 spiro atoms. The van der Waals surface area contributed by atoms with E-state index in [0.29, 0.717) is 5.92 Å². The Morgan fingerprint density at radius 1 is 1.35 bits per heavy atom. The van der Waals surface area contributed by atoms with Gasteiger partial charge in [-0.1, -0.05) is 32.6 Å². The monoisotopic (exact) mass is 257 g/mol. The molecular formula is C12H19NO3S. The number of hydrogen-bond acceptors (Lipinski definition) is 3. The van der Waals surface area contributed by atoms with Gasteiger partial charge in [0.15, 0.2) is 0 Å². The van der Waals surface area contributed by atoms with Crippen molar-refractivity contribution in [3.05, 3.63) is 42.5 Å². The fourth-order valence-corrected chi connectivity index (χ4v) is 1.49. The van der Waals surface area contributed by atoms with Crippen molar-refractivity contribution in [2.24, 2.45) is 0 Å². The van der Waals surface area contributed by atoms with Gasteiger partial charge < -0.3 is 10.3 Å². The number of benzene rings is 1. The Bertz CT molecular complexity index is 435. The van der Waals surface area contributed by atoms with Crippen molar-refractivity contribution in [2.45, 2.75) is 24.7 Å². The molecule has 0 saturated heterocycles. The average Bonchev–Trinajstić information content (AvgIpc) is 2.28. The van der Waals surface area contributed by atoms with Crippen LogP contribution in [0, 0.1) is 0 Å². The standard InChI is InChI=1S/C9H12O3S.C3H7N/c1-7(2)8-3-5-9(6-4-8)13(10,11)12;1-2-3-4/h3-7H,1-2H3,(H,10,11,12);2H,1,3-4H2. The van der Waals surface area contributed by atoms with Crippen LogP contribution in [-0.4, -0.2) is 19.5 Å². The van der Waals surface area contributed by atoms with Crippen molar-refractivity contribution in [1.29, 1.82) is 0 Å². The van der Waals surface area contributed by atoms with Gasteiger partial charge in [-0.2, -0.15) is 0 Å². The van der Waals surface area contributed by atoms with E-state index in [4.69, 9.17) is 0 Å². The van der Waals surface area contributed by atoms with Crippen LogP contribution in [0.5, 0.6) is 0 Å². The highest BCUT2D eigenvalue weighted by Gasteiger charge is 2.02. The highest BCUT2D eigenvalue weighted by atomic mass is 32.2. The molecule has 1 aromatic rings. The molecule has 0 fully saturated rings. The van der Waals surface area contributed by atoms with Crippen LogP contribution in [0.3, 0.4) is 0 Å². The highest BCUT2D eigenvalue weighted by molar-refractivity contribution is 7.85. The third kappa shape index (κ3) is 6.21. The number of hydrogen-bond donors (Lipinski definition) is 1. The lowest BCUT2D eigenvalue weighted by atomic mass is 10.0. The minimum absolute atomic E-state index is 0.170. The van der Waals surface area contributed by atoms with Gasteiger partial charge in [0.25, 0.3) is 0 Å². The minimum atomic E-state index is -4.30. The Labute approximate surface area is 103 Å². The molecule has 0 aliphatic carbocycles. The van der Waals surface area contributed by atoms with Crippen molar-refractivity contribution in [1.82, 2.24) is 0 Å². The maximum absolute atomic E-state index is 10.6. The molecule has 0 aliphatic rings. The van der Waals surface area contributed by atoms with Gasteiger partial charge in [-0.25, -0.2) is 8.42 Å². The van der Waals surface area contributed by atoms with Crippen LogP contribution in [0.4, 0.5) is 0 Å². The van der Waals surface area contributed by atoms with E-state index in [1.807, 2.05) is 13.8 Å². The lowest BCUT2D eigenvalue weighted by Gasteiger charge is -2.09. The minimum Gasteiger partial charge on any atom is -0.744 e. The van der Waals surface area contributed by atoms with Gasteiger partial charge in [0.1, 0.15) is 10.1 Å². The molecule has 0 atom stereocenters. The molecule has 17 heavy (non-hydrogen) atoms. The summed E-state index contributed by atoms with van der Waals surface area (Å²) in [5.74, 6) is 0.336. The third-order valence-corrected chi connectivity index (χ3v) is 2.89. The number of quaternary nitrogens is 1. The predicted octanol–water partition coefficient (Wildman–Crippen LogP) is 1.13. The summed E-state index contributed by atoms with van der Waals surface area (Å²) in [6.07, 6.45) is 1.76. The first kappa shape index (κ1) is 15.8. The summed E-state index contributed by atoms with van der Waals surface area (Å²) in [6.45, 7) is 8.25. The van der Waals surface area contributed by atoms with Gasteiger partial charge in [-0.05, 0) is 29.7 Å². The van der Waals surface area contributed by atoms with Crippen LogP contribution >= 0.6 is 0 Å². The van der Waals surface area contributed by atoms with Crippen LogP contribution < -0.4 is 5.73 Å². The molecule has 0 unspecified atom stereocenters. The molecule has 3 N–H and O–H groups in total. The molecule has 0 bridgehead atoms. The zero-order valence-corrected chi connectivity index (χ0v) is 11.0. The fraction of sp³-hybridized carbons (Fsp3) is 0.333. The van der Waals surface area contributed by atoms with Gasteiger partial charge >= 0.3 is 0 Å². The smallest absolute Gasteiger partial charge is 0.124 e. The fourth-order valence-electron chi connectivity index (χ4n) is 1.02. The zero-order chi connectivity index (χ0) is 13.5. The Morgan fingerprint density at radius 2 is 1.76 bits per heavy atom. The summed E-state index contributed by atoms with van der Waals surface area (Å²) in [6, 6.07) is 6.01. The maximum Gasteiger partial charge on any atom is 0.124 e. The van der Waals surface area contributed by atoms with E-state index >= 15 is 0 Å². The molecule has 5 heteroatoms. The van der Waals surface area contributed by atoms with Crippen LogP contribution in [0.25, 0.3) is 0 Å². The summed E-state index contributed by atoms with van der Waals surface area (Å²) in [5, 5.41) is 0. The Kier molecular flexibility index (Phi) is 6.72. The van der Waals surface area contributed by atoms with E-state index in [1.165, 1.54) is 12.1 Å².